The molecule has 0 aliphatic carbocycles. The summed E-state index contributed by atoms with van der Waals surface area (Å²) in [5.74, 6) is 0.762. The number of benzene rings is 2. The average Bonchev–Trinajstić information content (AvgIpc) is 2.74. The van der Waals surface area contributed by atoms with Crippen LogP contribution in [0.3, 0.4) is 0 Å². The van der Waals surface area contributed by atoms with Gasteiger partial charge in [0, 0.05) is 20.2 Å². The second-order valence-corrected chi connectivity index (χ2v) is 10.7. The number of nitrogens with one attached hydrogen (secondary N) is 1. The smallest absolute Gasteiger partial charge is 0.240 e. The fourth-order valence-corrected chi connectivity index (χ4v) is 5.99. The van der Waals surface area contributed by atoms with Crippen molar-refractivity contribution in [1.82, 2.24) is 4.72 Å². The molecular formula is C20H26N2O6S2. The van der Waals surface area contributed by atoms with Crippen molar-refractivity contribution in [2.75, 3.05) is 37.4 Å². The van der Waals surface area contributed by atoms with Crippen molar-refractivity contribution in [2.45, 2.75) is 23.8 Å². The normalized spacial score (nSPS) is 17.5. The minimum Gasteiger partial charge on any atom is -0.497 e. The van der Waals surface area contributed by atoms with E-state index in [4.69, 9.17) is 9.47 Å². The second kappa shape index (κ2) is 9.34. The summed E-state index contributed by atoms with van der Waals surface area (Å²) in [7, 11) is -4.08. The Bertz CT molecular complexity index is 1070. The molecule has 0 bridgehead atoms. The predicted octanol–water partition coefficient (Wildman–Crippen LogP) is 2.29. The van der Waals surface area contributed by atoms with Crippen molar-refractivity contribution >= 4 is 25.7 Å². The lowest BCUT2D eigenvalue weighted by atomic mass is 10.1. The SMILES string of the molecule is COc1cccc(C(CNS(=O)(=O)c2ccc(N3CCCCS3(=O)=O)cc2)OC)c1. The molecule has 164 valence electrons. The molecule has 2 aromatic carbocycles. The first-order valence-electron chi connectivity index (χ1n) is 9.54. The Labute approximate surface area is 177 Å². The molecule has 2 aromatic rings. The summed E-state index contributed by atoms with van der Waals surface area (Å²) in [5.41, 5.74) is 1.25. The van der Waals surface area contributed by atoms with E-state index in [1.165, 1.54) is 35.7 Å². The molecule has 1 heterocycles. The number of ether oxygens (including phenoxy) is 2. The van der Waals surface area contributed by atoms with Gasteiger partial charge in [-0.05, 0) is 54.8 Å². The van der Waals surface area contributed by atoms with Crippen LogP contribution in [-0.2, 0) is 24.8 Å². The van der Waals surface area contributed by atoms with E-state index in [1.54, 1.807) is 19.2 Å². The van der Waals surface area contributed by atoms with E-state index in [0.29, 0.717) is 24.4 Å². The highest BCUT2D eigenvalue weighted by Crippen LogP contribution is 2.25. The minimum atomic E-state index is -3.79. The number of sulfonamides is 2. The van der Waals surface area contributed by atoms with Gasteiger partial charge >= 0.3 is 0 Å². The number of rotatable bonds is 8. The Kier molecular flexibility index (Phi) is 7.02. The fraction of sp³-hybridized carbons (Fsp3) is 0.400. The standard InChI is InChI=1S/C20H26N2O6S2/c1-27-18-7-5-6-16(14-18)20(28-2)15-21-30(25,26)19-10-8-17(9-11-19)22-12-3-4-13-29(22,23)24/h5-11,14,20-21H,3-4,12-13,15H2,1-2H3. The first-order valence-corrected chi connectivity index (χ1v) is 12.6. The summed E-state index contributed by atoms with van der Waals surface area (Å²) in [4.78, 5) is 0.0566. The molecule has 1 N–H and O–H groups in total. The lowest BCUT2D eigenvalue weighted by Gasteiger charge is -2.28. The van der Waals surface area contributed by atoms with Crippen LogP contribution in [0, 0.1) is 0 Å². The van der Waals surface area contributed by atoms with E-state index >= 15 is 0 Å². The van der Waals surface area contributed by atoms with Gasteiger partial charge in [-0.25, -0.2) is 21.6 Å². The van der Waals surface area contributed by atoms with Crippen molar-refractivity contribution in [1.29, 1.82) is 0 Å². The summed E-state index contributed by atoms with van der Waals surface area (Å²) >= 11 is 0. The highest BCUT2D eigenvalue weighted by Gasteiger charge is 2.26. The van der Waals surface area contributed by atoms with Gasteiger partial charge in [-0.2, -0.15) is 0 Å². The highest BCUT2D eigenvalue weighted by atomic mass is 32.2. The lowest BCUT2D eigenvalue weighted by molar-refractivity contribution is 0.107. The maximum absolute atomic E-state index is 12.7. The Morgan fingerprint density at radius 3 is 2.47 bits per heavy atom. The molecule has 1 saturated heterocycles. The summed E-state index contributed by atoms with van der Waals surface area (Å²) in [5, 5.41) is 0. The van der Waals surface area contributed by atoms with E-state index in [9.17, 15) is 16.8 Å². The number of hydrogen-bond donors (Lipinski definition) is 1. The van der Waals surface area contributed by atoms with Gasteiger partial charge in [-0.3, -0.25) is 4.31 Å². The third-order valence-electron chi connectivity index (χ3n) is 4.99. The van der Waals surface area contributed by atoms with Gasteiger partial charge in [-0.15, -0.1) is 0 Å². The Balaban J connectivity index is 1.72. The predicted molar refractivity (Wildman–Crippen MR) is 115 cm³/mol. The zero-order chi connectivity index (χ0) is 21.8. The van der Waals surface area contributed by atoms with Crippen molar-refractivity contribution < 1.29 is 26.3 Å². The Morgan fingerprint density at radius 2 is 1.83 bits per heavy atom. The van der Waals surface area contributed by atoms with Gasteiger partial charge < -0.3 is 9.47 Å². The molecule has 0 radical (unpaired) electrons. The molecule has 0 spiro atoms. The van der Waals surface area contributed by atoms with Crippen LogP contribution in [0.15, 0.2) is 53.4 Å². The highest BCUT2D eigenvalue weighted by molar-refractivity contribution is 7.92. The molecule has 1 aliphatic rings. The van der Waals surface area contributed by atoms with E-state index in [2.05, 4.69) is 4.72 Å². The molecule has 3 rings (SSSR count). The maximum Gasteiger partial charge on any atom is 0.240 e. The molecule has 1 atom stereocenters. The summed E-state index contributed by atoms with van der Waals surface area (Å²) in [6.07, 6.45) is 0.930. The largest absolute Gasteiger partial charge is 0.497 e. The van der Waals surface area contributed by atoms with Crippen LogP contribution in [0.1, 0.15) is 24.5 Å². The first kappa shape index (κ1) is 22.5. The molecular weight excluding hydrogens is 428 g/mol. The number of hydrogen-bond acceptors (Lipinski definition) is 6. The first-order chi connectivity index (χ1) is 14.3. The van der Waals surface area contributed by atoms with Crippen molar-refractivity contribution in [3.8, 4) is 5.75 Å². The van der Waals surface area contributed by atoms with Crippen molar-refractivity contribution in [2.24, 2.45) is 0 Å². The van der Waals surface area contributed by atoms with Crippen LogP contribution >= 0.6 is 0 Å². The lowest BCUT2D eigenvalue weighted by Crippen LogP contribution is -2.37. The molecule has 0 aromatic heterocycles. The third kappa shape index (κ3) is 5.12. The molecule has 1 unspecified atom stereocenters. The molecule has 0 amide bonds. The molecule has 8 nitrogen and oxygen atoms in total. The van der Waals surface area contributed by atoms with Crippen LogP contribution in [0.2, 0.25) is 0 Å². The summed E-state index contributed by atoms with van der Waals surface area (Å²) in [6.45, 7) is 0.441. The minimum absolute atomic E-state index is 0.0360. The topological polar surface area (TPSA) is 102 Å². The van der Waals surface area contributed by atoms with Gasteiger partial charge in [0.2, 0.25) is 20.0 Å². The van der Waals surface area contributed by atoms with Crippen LogP contribution in [-0.4, -0.2) is 49.9 Å². The monoisotopic (exact) mass is 454 g/mol. The Morgan fingerprint density at radius 1 is 1.10 bits per heavy atom. The number of methoxy groups -OCH3 is 2. The zero-order valence-electron chi connectivity index (χ0n) is 16.9. The van der Waals surface area contributed by atoms with Crippen molar-refractivity contribution in [3.63, 3.8) is 0 Å². The van der Waals surface area contributed by atoms with E-state index < -0.39 is 26.2 Å². The van der Waals surface area contributed by atoms with Gasteiger partial charge in [-0.1, -0.05) is 12.1 Å². The van der Waals surface area contributed by atoms with E-state index in [0.717, 1.165) is 12.0 Å². The third-order valence-corrected chi connectivity index (χ3v) is 8.30. The van der Waals surface area contributed by atoms with Gasteiger partial charge in [0.1, 0.15) is 5.75 Å². The Hall–Kier alpha value is -2.14. The quantitative estimate of drug-likeness (QED) is 0.657. The number of nitrogens with zero attached hydrogens (tertiary/aromatic N) is 1. The second-order valence-electron chi connectivity index (χ2n) is 6.94. The molecule has 1 fully saturated rings. The fourth-order valence-electron chi connectivity index (χ4n) is 3.32. The maximum atomic E-state index is 12.7. The molecule has 30 heavy (non-hydrogen) atoms. The van der Waals surface area contributed by atoms with E-state index in [-0.39, 0.29) is 17.2 Å². The van der Waals surface area contributed by atoms with Crippen LogP contribution in [0.25, 0.3) is 0 Å². The summed E-state index contributed by atoms with van der Waals surface area (Å²) in [6, 6.07) is 13.1. The summed E-state index contributed by atoms with van der Waals surface area (Å²) < 4.78 is 64.4. The average molecular weight is 455 g/mol. The molecule has 1 aliphatic heterocycles. The van der Waals surface area contributed by atoms with Crippen LogP contribution in [0.4, 0.5) is 5.69 Å². The molecule has 0 saturated carbocycles. The molecule has 10 heteroatoms. The van der Waals surface area contributed by atoms with Crippen LogP contribution in [0.5, 0.6) is 5.75 Å². The van der Waals surface area contributed by atoms with Gasteiger partial charge in [0.25, 0.3) is 0 Å². The van der Waals surface area contributed by atoms with Gasteiger partial charge in [0.05, 0.1) is 29.5 Å². The zero-order valence-corrected chi connectivity index (χ0v) is 18.6. The van der Waals surface area contributed by atoms with Crippen LogP contribution < -0.4 is 13.8 Å². The van der Waals surface area contributed by atoms with Gasteiger partial charge in [0.15, 0.2) is 0 Å². The number of anilines is 1. The van der Waals surface area contributed by atoms with Crippen molar-refractivity contribution in [3.05, 3.63) is 54.1 Å². The van der Waals surface area contributed by atoms with E-state index in [1.807, 2.05) is 12.1 Å².